The smallest absolute Gasteiger partial charge is 0.139 e. The van der Waals surface area contributed by atoms with Crippen molar-refractivity contribution in [2.24, 2.45) is 0 Å². The van der Waals surface area contributed by atoms with Gasteiger partial charge >= 0.3 is 0 Å². The van der Waals surface area contributed by atoms with Crippen molar-refractivity contribution in [1.29, 1.82) is 0 Å². The van der Waals surface area contributed by atoms with Crippen molar-refractivity contribution in [3.8, 4) is 0 Å². The van der Waals surface area contributed by atoms with Crippen LogP contribution >= 0.6 is 31.9 Å². The van der Waals surface area contributed by atoms with E-state index in [4.69, 9.17) is 0 Å². The lowest BCUT2D eigenvalue weighted by molar-refractivity contribution is 0.621. The molecule has 1 aromatic carbocycles. The van der Waals surface area contributed by atoms with Crippen LogP contribution in [-0.2, 0) is 0 Å². The zero-order valence-electron chi connectivity index (χ0n) is 8.97. The number of aromatic nitrogens is 1. The first-order valence-electron chi connectivity index (χ1n) is 4.89. The minimum absolute atomic E-state index is 0.291. The Kier molecular flexibility index (Phi) is 3.79. The molecular weight excluding hydrogens is 351 g/mol. The molecule has 0 spiro atoms. The molecule has 2 rings (SSSR count). The molecule has 0 atom stereocenters. The van der Waals surface area contributed by atoms with E-state index < -0.39 is 0 Å². The van der Waals surface area contributed by atoms with E-state index in [1.165, 1.54) is 6.07 Å². The Labute approximate surface area is 116 Å². The predicted molar refractivity (Wildman–Crippen MR) is 74.1 cm³/mol. The maximum Gasteiger partial charge on any atom is 0.139 e. The molecule has 1 N–H and O–H groups in total. The van der Waals surface area contributed by atoms with E-state index in [9.17, 15) is 4.39 Å². The van der Waals surface area contributed by atoms with Crippen molar-refractivity contribution in [1.82, 2.24) is 4.98 Å². The molecule has 0 unspecified atom stereocenters. The van der Waals surface area contributed by atoms with Gasteiger partial charge in [0.25, 0.3) is 0 Å². The number of pyridine rings is 1. The number of rotatable bonds is 2. The molecule has 5 heteroatoms. The molecular formula is C12H9Br2FN2. The minimum atomic E-state index is -0.291. The van der Waals surface area contributed by atoms with Gasteiger partial charge in [0.05, 0.1) is 16.4 Å². The van der Waals surface area contributed by atoms with Crippen LogP contribution in [0.2, 0.25) is 0 Å². The van der Waals surface area contributed by atoms with Gasteiger partial charge in [-0.1, -0.05) is 0 Å². The van der Waals surface area contributed by atoms with Crippen LogP contribution < -0.4 is 5.32 Å². The van der Waals surface area contributed by atoms with E-state index in [1.807, 2.05) is 13.0 Å². The van der Waals surface area contributed by atoms with Crippen LogP contribution in [0.15, 0.2) is 39.5 Å². The average Bonchev–Trinajstić information content (AvgIpc) is 2.26. The molecule has 0 aliphatic rings. The quantitative estimate of drug-likeness (QED) is 0.833. The molecule has 1 heterocycles. The van der Waals surface area contributed by atoms with Crippen molar-refractivity contribution >= 4 is 43.2 Å². The van der Waals surface area contributed by atoms with Gasteiger partial charge in [-0.3, -0.25) is 4.98 Å². The van der Waals surface area contributed by atoms with Gasteiger partial charge in [-0.05, 0) is 62.5 Å². The first-order valence-corrected chi connectivity index (χ1v) is 6.48. The number of halogens is 3. The van der Waals surface area contributed by atoms with Gasteiger partial charge in [0.1, 0.15) is 5.82 Å². The lowest BCUT2D eigenvalue weighted by Crippen LogP contribution is -1.95. The molecule has 0 amide bonds. The summed E-state index contributed by atoms with van der Waals surface area (Å²) in [4.78, 5) is 4.04. The summed E-state index contributed by atoms with van der Waals surface area (Å²) in [7, 11) is 0. The summed E-state index contributed by atoms with van der Waals surface area (Å²) >= 11 is 6.49. The van der Waals surface area contributed by atoms with Gasteiger partial charge in [-0.25, -0.2) is 4.39 Å². The third kappa shape index (κ3) is 3.04. The largest absolute Gasteiger partial charge is 0.354 e. The van der Waals surface area contributed by atoms with Gasteiger partial charge in [-0.15, -0.1) is 0 Å². The van der Waals surface area contributed by atoms with Crippen molar-refractivity contribution < 1.29 is 4.39 Å². The molecule has 0 radical (unpaired) electrons. The topological polar surface area (TPSA) is 24.9 Å². The predicted octanol–water partition coefficient (Wildman–Crippen LogP) is 4.80. The van der Waals surface area contributed by atoms with E-state index in [1.54, 1.807) is 18.5 Å². The Hall–Kier alpha value is -0.940. The molecule has 2 nitrogen and oxygen atoms in total. The molecule has 88 valence electrons. The van der Waals surface area contributed by atoms with Crippen molar-refractivity contribution in [2.45, 2.75) is 6.92 Å². The SMILES string of the molecule is Cc1cc(Br)c(F)cc1Nc1cncc(Br)c1. The molecule has 0 aliphatic carbocycles. The van der Waals surface area contributed by atoms with Gasteiger partial charge in [0, 0.05) is 16.4 Å². The second-order valence-corrected chi connectivity index (χ2v) is 5.37. The summed E-state index contributed by atoms with van der Waals surface area (Å²) in [5, 5.41) is 3.13. The number of anilines is 2. The molecule has 2 aromatic rings. The maximum atomic E-state index is 13.4. The Morgan fingerprint density at radius 1 is 1.18 bits per heavy atom. The molecule has 0 aliphatic heterocycles. The van der Waals surface area contributed by atoms with Crippen LogP contribution in [0.25, 0.3) is 0 Å². The van der Waals surface area contributed by atoms with E-state index in [0.717, 1.165) is 21.4 Å². The summed E-state index contributed by atoms with van der Waals surface area (Å²) in [6.07, 6.45) is 3.38. The first-order chi connectivity index (χ1) is 8.06. The Morgan fingerprint density at radius 3 is 2.65 bits per heavy atom. The molecule has 0 fully saturated rings. The summed E-state index contributed by atoms with van der Waals surface area (Å²) in [6, 6.07) is 5.08. The number of hydrogen-bond donors (Lipinski definition) is 1. The third-order valence-electron chi connectivity index (χ3n) is 2.25. The van der Waals surface area contributed by atoms with Crippen LogP contribution in [0.1, 0.15) is 5.56 Å². The van der Waals surface area contributed by atoms with Gasteiger partial charge < -0.3 is 5.32 Å². The lowest BCUT2D eigenvalue weighted by atomic mass is 10.2. The average molecular weight is 360 g/mol. The third-order valence-corrected chi connectivity index (χ3v) is 3.29. The van der Waals surface area contributed by atoms with Crippen molar-refractivity contribution in [2.75, 3.05) is 5.32 Å². The van der Waals surface area contributed by atoms with Crippen molar-refractivity contribution in [3.63, 3.8) is 0 Å². The molecule has 0 saturated heterocycles. The van der Waals surface area contributed by atoms with Crippen LogP contribution in [0.5, 0.6) is 0 Å². The summed E-state index contributed by atoms with van der Waals surface area (Å²) in [6.45, 7) is 1.91. The highest BCUT2D eigenvalue weighted by molar-refractivity contribution is 9.10. The van der Waals surface area contributed by atoms with Gasteiger partial charge in [-0.2, -0.15) is 0 Å². The minimum Gasteiger partial charge on any atom is -0.354 e. The zero-order chi connectivity index (χ0) is 12.4. The maximum absolute atomic E-state index is 13.4. The number of hydrogen-bond acceptors (Lipinski definition) is 2. The highest BCUT2D eigenvalue weighted by atomic mass is 79.9. The number of aryl methyl sites for hydroxylation is 1. The number of nitrogens with one attached hydrogen (secondary N) is 1. The Morgan fingerprint density at radius 2 is 1.94 bits per heavy atom. The van der Waals surface area contributed by atoms with E-state index >= 15 is 0 Å². The van der Waals surface area contributed by atoms with E-state index in [-0.39, 0.29) is 5.82 Å². The van der Waals surface area contributed by atoms with Crippen LogP contribution in [-0.4, -0.2) is 4.98 Å². The van der Waals surface area contributed by atoms with Crippen LogP contribution in [0, 0.1) is 12.7 Å². The Balaban J connectivity index is 2.33. The number of benzene rings is 1. The standard InChI is InChI=1S/C12H9Br2FN2/c1-7-2-10(14)11(15)4-12(7)17-9-3-8(13)5-16-6-9/h2-6,17H,1H3. The highest BCUT2D eigenvalue weighted by Crippen LogP contribution is 2.27. The van der Waals surface area contributed by atoms with Crippen LogP contribution in [0.4, 0.5) is 15.8 Å². The summed E-state index contributed by atoms with van der Waals surface area (Å²) in [5.74, 6) is -0.291. The second kappa shape index (κ2) is 5.14. The fourth-order valence-electron chi connectivity index (χ4n) is 1.42. The van der Waals surface area contributed by atoms with Gasteiger partial charge in [0.15, 0.2) is 0 Å². The summed E-state index contributed by atoms with van der Waals surface area (Å²) < 4.78 is 14.8. The van der Waals surface area contributed by atoms with Crippen molar-refractivity contribution in [3.05, 3.63) is 50.9 Å². The molecule has 0 saturated carbocycles. The monoisotopic (exact) mass is 358 g/mol. The van der Waals surface area contributed by atoms with E-state index in [2.05, 4.69) is 42.2 Å². The fraction of sp³-hybridized carbons (Fsp3) is 0.0833. The Bertz CT molecular complexity index is 558. The fourth-order valence-corrected chi connectivity index (χ4v) is 2.24. The normalized spacial score (nSPS) is 10.4. The number of nitrogens with zero attached hydrogens (tertiary/aromatic N) is 1. The zero-order valence-corrected chi connectivity index (χ0v) is 12.1. The molecule has 0 bridgehead atoms. The second-order valence-electron chi connectivity index (χ2n) is 3.60. The highest BCUT2D eigenvalue weighted by Gasteiger charge is 2.05. The molecule has 1 aromatic heterocycles. The van der Waals surface area contributed by atoms with E-state index in [0.29, 0.717) is 4.47 Å². The lowest BCUT2D eigenvalue weighted by Gasteiger charge is -2.10. The molecule has 17 heavy (non-hydrogen) atoms. The van der Waals surface area contributed by atoms with Gasteiger partial charge in [0.2, 0.25) is 0 Å². The van der Waals surface area contributed by atoms with Crippen LogP contribution in [0.3, 0.4) is 0 Å². The first kappa shape index (κ1) is 12.5. The summed E-state index contributed by atoms with van der Waals surface area (Å²) in [5.41, 5.74) is 2.49.